The van der Waals surface area contributed by atoms with Crippen molar-refractivity contribution in [3.63, 3.8) is 0 Å². The van der Waals surface area contributed by atoms with Crippen molar-refractivity contribution in [3.05, 3.63) is 69.5 Å². The third kappa shape index (κ3) is 5.06. The lowest BCUT2D eigenvalue weighted by Gasteiger charge is -2.19. The number of phenols is 1. The number of aromatic hydroxyl groups is 2. The van der Waals surface area contributed by atoms with Gasteiger partial charge in [0.2, 0.25) is 17.1 Å². The number of nitrogens with zero attached hydrogens (tertiary/aromatic N) is 2. The molecule has 9 nitrogen and oxygen atoms in total. The molecule has 3 N–H and O–H groups in total. The van der Waals surface area contributed by atoms with Crippen LogP contribution < -0.4 is 15.5 Å². The van der Waals surface area contributed by atoms with Gasteiger partial charge in [-0.25, -0.2) is 0 Å². The van der Waals surface area contributed by atoms with Gasteiger partial charge in [-0.15, -0.1) is 0 Å². The SMILES string of the molecule is COc1cc([C@@H](CC(=O)NCCn2nccc2C)c2oc(C)cc(=O)c2O)ccc1O. The lowest BCUT2D eigenvalue weighted by Crippen LogP contribution is -2.29. The summed E-state index contributed by atoms with van der Waals surface area (Å²) in [6.45, 7) is 4.38. The predicted octanol–water partition coefficient (Wildman–Crippen LogP) is 2.21. The van der Waals surface area contributed by atoms with Crippen molar-refractivity contribution in [1.29, 1.82) is 0 Å². The second-order valence-corrected chi connectivity index (χ2v) is 7.17. The van der Waals surface area contributed by atoms with Crippen LogP contribution in [0, 0.1) is 13.8 Å². The Morgan fingerprint density at radius 3 is 2.71 bits per heavy atom. The van der Waals surface area contributed by atoms with Crippen molar-refractivity contribution >= 4 is 5.91 Å². The lowest BCUT2D eigenvalue weighted by atomic mass is 9.91. The first kappa shape index (κ1) is 21.9. The number of rotatable bonds is 8. The van der Waals surface area contributed by atoms with Gasteiger partial charge in [0, 0.05) is 30.9 Å². The van der Waals surface area contributed by atoms with E-state index in [4.69, 9.17) is 9.15 Å². The number of ether oxygens (including phenoxy) is 1. The van der Waals surface area contributed by atoms with Crippen molar-refractivity contribution in [2.24, 2.45) is 0 Å². The zero-order chi connectivity index (χ0) is 22.5. The Morgan fingerprint density at radius 2 is 2.03 bits per heavy atom. The summed E-state index contributed by atoms with van der Waals surface area (Å²) in [5.74, 6) is -1.20. The Morgan fingerprint density at radius 1 is 1.26 bits per heavy atom. The molecule has 0 aliphatic carbocycles. The van der Waals surface area contributed by atoms with E-state index in [2.05, 4.69) is 10.4 Å². The maximum Gasteiger partial charge on any atom is 0.227 e. The van der Waals surface area contributed by atoms with E-state index in [-0.39, 0.29) is 29.6 Å². The second-order valence-electron chi connectivity index (χ2n) is 7.17. The highest BCUT2D eigenvalue weighted by Crippen LogP contribution is 2.37. The van der Waals surface area contributed by atoms with Gasteiger partial charge in [-0.2, -0.15) is 5.10 Å². The molecule has 0 radical (unpaired) electrons. The molecule has 0 fully saturated rings. The topological polar surface area (TPSA) is 127 Å². The number of aromatic nitrogens is 2. The quantitative estimate of drug-likeness (QED) is 0.503. The van der Waals surface area contributed by atoms with Crippen molar-refractivity contribution in [2.45, 2.75) is 32.7 Å². The van der Waals surface area contributed by atoms with Crippen LogP contribution in [0.2, 0.25) is 0 Å². The minimum atomic E-state index is -0.770. The van der Waals surface area contributed by atoms with Gasteiger partial charge >= 0.3 is 0 Å². The smallest absolute Gasteiger partial charge is 0.227 e. The zero-order valence-corrected chi connectivity index (χ0v) is 17.6. The molecule has 9 heteroatoms. The van der Waals surface area contributed by atoms with E-state index in [1.807, 2.05) is 13.0 Å². The summed E-state index contributed by atoms with van der Waals surface area (Å²) < 4.78 is 12.6. The minimum absolute atomic E-state index is 0.0178. The van der Waals surface area contributed by atoms with Crippen LogP contribution in [0.5, 0.6) is 17.2 Å². The third-order valence-electron chi connectivity index (χ3n) is 4.96. The van der Waals surface area contributed by atoms with Gasteiger partial charge in [-0.05, 0) is 37.6 Å². The summed E-state index contributed by atoms with van der Waals surface area (Å²) in [6, 6.07) is 7.61. The Balaban J connectivity index is 1.86. The summed E-state index contributed by atoms with van der Waals surface area (Å²) in [4.78, 5) is 24.8. The molecule has 0 bridgehead atoms. The average Bonchev–Trinajstić information content (AvgIpc) is 3.14. The largest absolute Gasteiger partial charge is 0.504 e. The van der Waals surface area contributed by atoms with Gasteiger partial charge in [0.1, 0.15) is 5.76 Å². The van der Waals surface area contributed by atoms with Crippen molar-refractivity contribution in [3.8, 4) is 17.2 Å². The number of hydrogen-bond acceptors (Lipinski definition) is 7. The number of carbonyl (C=O) groups excluding carboxylic acids is 1. The molecular formula is C22H25N3O6. The van der Waals surface area contributed by atoms with E-state index >= 15 is 0 Å². The van der Waals surface area contributed by atoms with E-state index in [1.54, 1.807) is 29.9 Å². The molecule has 0 aliphatic rings. The fraction of sp³-hybridized carbons (Fsp3) is 0.318. The number of nitrogens with one attached hydrogen (secondary N) is 1. The molecule has 0 unspecified atom stereocenters. The number of amides is 1. The summed E-state index contributed by atoms with van der Waals surface area (Å²) in [5, 5.41) is 27.3. The van der Waals surface area contributed by atoms with Crippen LogP contribution in [-0.4, -0.2) is 39.6 Å². The molecule has 1 amide bonds. The average molecular weight is 427 g/mol. The standard InChI is InChI=1S/C22H25N3O6/c1-13-6-7-24-25(13)9-8-23-20(28)12-16(15-4-5-17(26)19(11-15)30-3)22-21(29)18(27)10-14(2)31-22/h4-7,10-11,16,26,29H,8-9,12H2,1-3H3,(H,23,28)/t16-/m1/s1. The van der Waals surface area contributed by atoms with Gasteiger partial charge < -0.3 is 24.7 Å². The summed E-state index contributed by atoms with van der Waals surface area (Å²) in [5.41, 5.74) is 0.926. The second kappa shape index (κ2) is 9.38. The van der Waals surface area contributed by atoms with Crippen LogP contribution in [-0.2, 0) is 11.3 Å². The molecule has 2 aromatic heterocycles. The maximum absolute atomic E-state index is 12.7. The Bertz CT molecular complexity index is 1130. The van der Waals surface area contributed by atoms with Gasteiger partial charge in [0.25, 0.3) is 0 Å². The number of carbonyl (C=O) groups is 1. The number of methoxy groups -OCH3 is 1. The van der Waals surface area contributed by atoms with Gasteiger partial charge in [-0.3, -0.25) is 14.3 Å². The molecular weight excluding hydrogens is 402 g/mol. The summed E-state index contributed by atoms with van der Waals surface area (Å²) >= 11 is 0. The number of benzene rings is 1. The minimum Gasteiger partial charge on any atom is -0.504 e. The van der Waals surface area contributed by atoms with Crippen molar-refractivity contribution in [1.82, 2.24) is 15.1 Å². The molecule has 1 atom stereocenters. The first-order chi connectivity index (χ1) is 14.8. The number of phenolic OH excluding ortho intramolecular Hbond substituents is 1. The van der Waals surface area contributed by atoms with E-state index in [1.165, 1.54) is 19.2 Å². The fourth-order valence-electron chi connectivity index (χ4n) is 3.33. The predicted molar refractivity (Wildman–Crippen MR) is 112 cm³/mol. The van der Waals surface area contributed by atoms with E-state index in [0.29, 0.717) is 24.4 Å². The summed E-state index contributed by atoms with van der Waals surface area (Å²) in [6.07, 6.45) is 1.60. The van der Waals surface area contributed by atoms with Gasteiger partial charge in [0.05, 0.1) is 19.6 Å². The van der Waals surface area contributed by atoms with E-state index < -0.39 is 17.1 Å². The number of aryl methyl sites for hydroxylation is 2. The monoisotopic (exact) mass is 427 g/mol. The first-order valence-electron chi connectivity index (χ1n) is 9.75. The Labute approximate surface area is 178 Å². The Hall–Kier alpha value is -3.75. The molecule has 0 saturated carbocycles. The molecule has 3 aromatic rings. The first-order valence-corrected chi connectivity index (χ1v) is 9.75. The molecule has 0 saturated heterocycles. The van der Waals surface area contributed by atoms with Crippen molar-refractivity contribution < 1.29 is 24.2 Å². The van der Waals surface area contributed by atoms with Crippen LogP contribution in [0.3, 0.4) is 0 Å². The number of hydrogen-bond donors (Lipinski definition) is 3. The van der Waals surface area contributed by atoms with Crippen LogP contribution in [0.15, 0.2) is 45.7 Å². The molecule has 1 aromatic carbocycles. The molecule has 0 spiro atoms. The normalized spacial score (nSPS) is 11.8. The van der Waals surface area contributed by atoms with Crippen molar-refractivity contribution in [2.75, 3.05) is 13.7 Å². The maximum atomic E-state index is 12.7. The van der Waals surface area contributed by atoms with Crippen LogP contribution in [0.1, 0.15) is 35.1 Å². The molecule has 0 aliphatic heterocycles. The molecule has 3 rings (SSSR count). The highest BCUT2D eigenvalue weighted by atomic mass is 16.5. The lowest BCUT2D eigenvalue weighted by molar-refractivity contribution is -0.121. The fourth-order valence-corrected chi connectivity index (χ4v) is 3.33. The van der Waals surface area contributed by atoms with Crippen LogP contribution in [0.4, 0.5) is 0 Å². The van der Waals surface area contributed by atoms with Gasteiger partial charge in [0.15, 0.2) is 17.3 Å². The van der Waals surface area contributed by atoms with Crippen LogP contribution in [0.25, 0.3) is 0 Å². The third-order valence-corrected chi connectivity index (χ3v) is 4.96. The van der Waals surface area contributed by atoms with Gasteiger partial charge in [-0.1, -0.05) is 6.07 Å². The summed E-state index contributed by atoms with van der Waals surface area (Å²) in [7, 11) is 1.40. The zero-order valence-electron chi connectivity index (χ0n) is 17.6. The highest BCUT2D eigenvalue weighted by Gasteiger charge is 2.26. The Kier molecular flexibility index (Phi) is 6.64. The van der Waals surface area contributed by atoms with E-state index in [0.717, 1.165) is 5.69 Å². The van der Waals surface area contributed by atoms with Crippen LogP contribution >= 0.6 is 0 Å². The molecule has 2 heterocycles. The molecule has 164 valence electrons. The highest BCUT2D eigenvalue weighted by molar-refractivity contribution is 5.77. The van der Waals surface area contributed by atoms with E-state index in [9.17, 15) is 19.8 Å². The molecule has 31 heavy (non-hydrogen) atoms.